The number of benzene rings is 6. The van der Waals surface area contributed by atoms with E-state index in [1.807, 2.05) is 112 Å². The second-order valence-electron chi connectivity index (χ2n) is 35.9. The number of nitrogens with zero attached hydrogens (tertiary/aromatic N) is 11. The molecule has 0 N–H and O–H groups in total. The van der Waals surface area contributed by atoms with Crippen LogP contribution < -0.4 is 23.7 Å². The van der Waals surface area contributed by atoms with E-state index in [1.54, 1.807) is 79.9 Å². The molecule has 25 heteroatoms. The van der Waals surface area contributed by atoms with E-state index in [-0.39, 0.29) is 53.8 Å². The summed E-state index contributed by atoms with van der Waals surface area (Å²) >= 11 is 12.4. The van der Waals surface area contributed by atoms with Crippen LogP contribution in [0.2, 0.25) is 10.0 Å². The first-order valence-corrected chi connectivity index (χ1v) is 47.4. The Morgan fingerprint density at radius 1 is 0.396 bits per heavy atom. The number of amides is 4. The summed E-state index contributed by atoms with van der Waals surface area (Å²) in [6, 6.07) is 52.4. The third kappa shape index (κ3) is 30.2. The first-order chi connectivity index (χ1) is 64.7. The first kappa shape index (κ1) is 100. The predicted octanol–water partition coefficient (Wildman–Crippen LogP) is 23.7. The van der Waals surface area contributed by atoms with E-state index >= 15 is 0 Å². The Kier molecular flexibility index (Phi) is 37.4. The molecule has 5 fully saturated rings. The van der Waals surface area contributed by atoms with Crippen LogP contribution in [0, 0.1) is 41.7 Å². The molecule has 16 rings (SSSR count). The van der Waals surface area contributed by atoms with Gasteiger partial charge in [-0.3, -0.25) is 44.1 Å². The number of aryl methyl sites for hydroxylation is 2. The fraction of sp³-hybridized carbons (Fsp3) is 0.376. The highest BCUT2D eigenvalue weighted by Gasteiger charge is 2.29. The molecule has 10 heterocycles. The minimum Gasteiger partial charge on any atom is -0.619 e. The van der Waals surface area contributed by atoms with E-state index in [1.165, 1.54) is 48.2 Å². The van der Waals surface area contributed by atoms with Crippen LogP contribution in [0.25, 0.3) is 16.8 Å². The highest BCUT2D eigenvalue weighted by molar-refractivity contribution is 6.32. The zero-order valence-corrected chi connectivity index (χ0v) is 79.9. The van der Waals surface area contributed by atoms with Crippen LogP contribution in [0.1, 0.15) is 211 Å². The van der Waals surface area contributed by atoms with Crippen molar-refractivity contribution in [2.75, 3.05) is 65.4 Å². The van der Waals surface area contributed by atoms with Gasteiger partial charge in [0.05, 0.1) is 32.3 Å². The van der Waals surface area contributed by atoms with Gasteiger partial charge in [0.2, 0.25) is 5.75 Å². The third-order valence-corrected chi connectivity index (χ3v) is 25.5. The summed E-state index contributed by atoms with van der Waals surface area (Å²) in [5.74, 6) is 3.90. The molecule has 0 radical (unpaired) electrons. The smallest absolute Gasteiger partial charge is 0.270 e. The van der Waals surface area contributed by atoms with Gasteiger partial charge in [-0.1, -0.05) is 151 Å². The zero-order valence-electron chi connectivity index (χ0n) is 78.3. The van der Waals surface area contributed by atoms with Crippen molar-refractivity contribution in [3.63, 3.8) is 0 Å². The molecule has 0 aliphatic carbocycles. The molecule has 0 unspecified atom stereocenters. The number of halogens is 4. The van der Waals surface area contributed by atoms with Gasteiger partial charge in [0.1, 0.15) is 62.7 Å². The van der Waals surface area contributed by atoms with Gasteiger partial charge in [0, 0.05) is 185 Å². The summed E-state index contributed by atoms with van der Waals surface area (Å²) < 4.78 is 56.0. The molecule has 704 valence electrons. The molecule has 0 bridgehead atoms. The number of piperidine rings is 5. The molecule has 5 aromatic heterocycles. The Morgan fingerprint density at radius 2 is 0.701 bits per heavy atom. The quantitative estimate of drug-likeness (QED) is 0.0213. The van der Waals surface area contributed by atoms with Gasteiger partial charge >= 0.3 is 0 Å². The second-order valence-corrected chi connectivity index (χ2v) is 36.7. The average Bonchev–Trinajstić information content (AvgIpc) is 1.01. The zero-order chi connectivity index (χ0) is 95.0. The van der Waals surface area contributed by atoms with Crippen molar-refractivity contribution in [1.29, 1.82) is 0 Å². The van der Waals surface area contributed by atoms with E-state index in [4.69, 9.17) is 46.9 Å². The molecule has 0 spiro atoms. The molecular weight excluding hydrogens is 1730 g/mol. The average molecular weight is 1860 g/mol. The number of alkyl halides is 2. The number of carbonyl (C=O) groups excluding carboxylic acids is 4. The molecule has 0 atom stereocenters. The van der Waals surface area contributed by atoms with Crippen LogP contribution in [0.15, 0.2) is 238 Å². The van der Waals surface area contributed by atoms with Gasteiger partial charge in [0.15, 0.2) is 0 Å². The van der Waals surface area contributed by atoms with Crippen molar-refractivity contribution in [3.05, 3.63) is 326 Å². The fourth-order valence-corrected chi connectivity index (χ4v) is 16.7. The summed E-state index contributed by atoms with van der Waals surface area (Å²) in [6.45, 7) is 34.0. The van der Waals surface area contributed by atoms with Crippen molar-refractivity contribution in [1.82, 2.24) is 49.4 Å². The van der Waals surface area contributed by atoms with E-state index in [0.717, 1.165) is 210 Å². The number of pyridine rings is 5. The number of rotatable bonds is 26. The number of para-hydroxylation sites is 2. The van der Waals surface area contributed by atoms with Gasteiger partial charge in [-0.15, -0.1) is 0 Å². The Morgan fingerprint density at radius 3 is 1.05 bits per heavy atom. The highest BCUT2D eigenvalue weighted by atomic mass is 35.5. The van der Waals surface area contributed by atoms with E-state index in [9.17, 15) is 33.2 Å². The lowest BCUT2D eigenvalue weighted by atomic mass is 9.98. The molecule has 5 aliphatic heterocycles. The maximum absolute atomic E-state index is 13.2. The maximum Gasteiger partial charge on any atom is 0.270 e. The van der Waals surface area contributed by atoms with Crippen LogP contribution in [0.4, 0.5) is 14.5 Å². The molecule has 5 saturated heterocycles. The molecule has 0 saturated carbocycles. The largest absolute Gasteiger partial charge is 0.619 e. The van der Waals surface area contributed by atoms with Gasteiger partial charge < -0.3 is 53.4 Å². The monoisotopic (exact) mass is 1860 g/mol. The summed E-state index contributed by atoms with van der Waals surface area (Å²) in [5.41, 5.74) is 13.7. The lowest BCUT2D eigenvalue weighted by molar-refractivity contribution is -0.351. The van der Waals surface area contributed by atoms with Crippen LogP contribution in [0.3, 0.4) is 0 Å². The van der Waals surface area contributed by atoms with Crippen molar-refractivity contribution in [3.8, 4) is 39.9 Å². The van der Waals surface area contributed by atoms with Crippen molar-refractivity contribution in [2.24, 2.45) is 29.6 Å². The van der Waals surface area contributed by atoms with Crippen molar-refractivity contribution >= 4 is 64.9 Å². The van der Waals surface area contributed by atoms with E-state index in [2.05, 4.69) is 127 Å². The summed E-state index contributed by atoms with van der Waals surface area (Å²) in [4.78, 5) is 81.9. The number of aromatic nitrogens is 5. The molecule has 21 nitrogen and oxygen atoms in total. The number of likely N-dealkylation sites (tertiary alicyclic amines) is 5. The van der Waals surface area contributed by atoms with Crippen LogP contribution >= 0.6 is 23.2 Å². The predicted molar refractivity (Wildman–Crippen MR) is 525 cm³/mol. The number of hydrogen-bond acceptors (Lipinski definition) is 16. The SMILES string of the molecule is C=C(c1cncc(COc2c(C)cccc2Cl)c1)N1CCC(C)CC1.C=[N+]([O-])c1cccc(Cl)c1OCc1cncc(C(=O)N2CCC(C)CC2)c1.CC1CCN(C(=O)c2cncc(COc3ccc(-c4ccccc4)cc3)c2)CC1.CC1CCN(C(=O)c2cncc(COc3ccc(C(C)(F)F)cc3)c2)CC1.CCCc1ccc(OCc2cncc(C(=O)N3CCC(C)CC3)c2)cc1. The second kappa shape index (κ2) is 49.9. The highest BCUT2D eigenvalue weighted by Crippen LogP contribution is 2.37. The first-order valence-electron chi connectivity index (χ1n) is 46.7. The minimum atomic E-state index is -2.87. The lowest BCUT2D eigenvalue weighted by Crippen LogP contribution is -2.38. The Labute approximate surface area is 798 Å². The Bertz CT molecular complexity index is 5640. The van der Waals surface area contributed by atoms with E-state index in [0.29, 0.717) is 86.3 Å². The standard InChI is InChI=1S/C25H26N2O2.C22H28N2O2.C21H25ClN2O.C21H24F2N2O2.C20H22ClN3O3/c1-19-11-13-27(14-12-19)25(28)23-15-20(16-26-17-23)18-29-24-9-7-22(8-10-24)21-5-3-2-4-6-21;1-3-4-18-5-7-21(8-6-18)26-16-19-13-20(15-23-14-19)22(25)24-11-9-17(2)10-12-24;1-15-7-9-24(10-8-15)17(3)19-11-18(12-23-13-19)14-25-21-16(2)5-4-6-20(21)22;1-15-7-9-25(10-8-15)20(26)17-11-16(12-24-13-17)14-27-19-5-3-18(4-6-19)21(2,22)23;1-14-6-8-24(9-7-14)20(25)16-10-15(11-22-12-16)13-27-19-17(21)4-3-5-18(19)23(2)26/h2-10,15-17,19H,11-14,18H2,1H3;5-8,13-15,17H,3-4,9-12,16H2,1-2H3;4-6,11-13,15H,3,7-10,14H2,1-2H3;3-6,11-13,15H,7-10,14H2,1-2H3;3-5,10-12,14H,2,6-9,13H2,1H3. The fourth-order valence-electron chi connectivity index (χ4n) is 16.2. The molecule has 5 aliphatic rings. The minimum absolute atomic E-state index is 0.00854. The number of carbonyl (C=O) groups is 4. The molecule has 6 aromatic carbocycles. The number of ether oxygens (including phenoxy) is 5. The lowest BCUT2D eigenvalue weighted by Gasteiger charge is -2.33. The number of hydrogen-bond donors (Lipinski definition) is 0. The maximum atomic E-state index is 13.2. The molecule has 4 amide bonds. The van der Waals surface area contributed by atoms with Gasteiger partial charge in [-0.25, -0.2) is 8.78 Å². The van der Waals surface area contributed by atoms with Crippen LogP contribution in [-0.4, -0.2) is 150 Å². The van der Waals surface area contributed by atoms with Crippen molar-refractivity contribution < 1.29 is 56.4 Å². The molecule has 11 aromatic rings. The van der Waals surface area contributed by atoms with Gasteiger partial charge in [-0.2, -0.15) is 4.74 Å². The normalized spacial score (nSPS) is 15.1. The topological polar surface area (TPSA) is 221 Å². The van der Waals surface area contributed by atoms with Crippen molar-refractivity contribution in [2.45, 2.75) is 171 Å². The summed E-state index contributed by atoms with van der Waals surface area (Å²) in [6.07, 6.45) is 30.0. The van der Waals surface area contributed by atoms with Crippen LogP contribution in [-0.2, 0) is 45.4 Å². The Hall–Kier alpha value is -12.6. The Balaban J connectivity index is 0.000000151. The van der Waals surface area contributed by atoms with E-state index < -0.39 is 5.92 Å². The summed E-state index contributed by atoms with van der Waals surface area (Å²) in [7, 11) is 0. The van der Waals surface area contributed by atoms with Gasteiger partial charge in [-0.05, 0) is 220 Å². The summed E-state index contributed by atoms with van der Waals surface area (Å²) in [5, 5.41) is 12.5. The molecular formula is C109H125Cl2F2N11O10. The van der Waals surface area contributed by atoms with Gasteiger partial charge in [0.25, 0.3) is 35.2 Å². The van der Waals surface area contributed by atoms with Crippen LogP contribution in [0.5, 0.6) is 28.7 Å². The third-order valence-electron chi connectivity index (χ3n) is 24.9. The molecule has 134 heavy (non-hydrogen) atoms.